The van der Waals surface area contributed by atoms with Crippen molar-refractivity contribution in [3.05, 3.63) is 30.3 Å². The van der Waals surface area contributed by atoms with Gasteiger partial charge in [-0.15, -0.1) is 0 Å². The van der Waals surface area contributed by atoms with Crippen LogP contribution in [-0.4, -0.2) is 55.7 Å². The summed E-state index contributed by atoms with van der Waals surface area (Å²) in [5.41, 5.74) is -0.705. The normalized spacial score (nSPS) is 42.7. The van der Waals surface area contributed by atoms with Crippen LogP contribution >= 0.6 is 0 Å². The molecule has 0 amide bonds. The number of rotatable bonds is 3. The first-order valence-electron chi connectivity index (χ1n) is 8.85. The van der Waals surface area contributed by atoms with Crippen molar-refractivity contribution in [1.29, 1.82) is 0 Å². The fourth-order valence-corrected chi connectivity index (χ4v) is 6.95. The fraction of sp³-hybridized carbons (Fsp3) is 0.632. The number of aliphatic hydroxyl groups is 1. The SMILES string of the molecule is CC(=O)O[C@H]1CCC2(O)OC1(C)C[C@H]1O[C@@H]2C[C@@H]1[Se]c1ccccc1. The zero-order chi connectivity index (χ0) is 17.7. The first kappa shape index (κ1) is 17.5. The third kappa shape index (κ3) is 3.26. The summed E-state index contributed by atoms with van der Waals surface area (Å²) < 4.78 is 19.2. The number of ether oxygens (including phenoxy) is 3. The van der Waals surface area contributed by atoms with Crippen molar-refractivity contribution in [2.24, 2.45) is 0 Å². The summed E-state index contributed by atoms with van der Waals surface area (Å²) in [5, 5.41) is 11.1. The molecule has 3 aliphatic heterocycles. The van der Waals surface area contributed by atoms with E-state index < -0.39 is 11.4 Å². The van der Waals surface area contributed by atoms with Gasteiger partial charge in [-0.2, -0.15) is 0 Å². The molecule has 5 nitrogen and oxygen atoms in total. The Morgan fingerprint density at radius 3 is 2.84 bits per heavy atom. The molecule has 136 valence electrons. The number of hydrogen-bond acceptors (Lipinski definition) is 5. The first-order chi connectivity index (χ1) is 11.9. The molecular formula is C19H24O5Se. The zero-order valence-electron chi connectivity index (χ0n) is 14.5. The molecule has 4 rings (SSSR count). The number of carbonyl (C=O) groups is 1. The molecule has 0 saturated carbocycles. The van der Waals surface area contributed by atoms with Crippen molar-refractivity contribution >= 4 is 25.4 Å². The third-order valence-corrected chi connectivity index (χ3v) is 8.32. The fourth-order valence-electron chi connectivity index (χ4n) is 4.33. The molecule has 3 fully saturated rings. The van der Waals surface area contributed by atoms with Crippen molar-refractivity contribution in [2.75, 3.05) is 0 Å². The Morgan fingerprint density at radius 1 is 1.36 bits per heavy atom. The number of esters is 1. The van der Waals surface area contributed by atoms with Gasteiger partial charge >= 0.3 is 154 Å². The maximum absolute atomic E-state index is 11.5. The molecular weight excluding hydrogens is 387 g/mol. The monoisotopic (exact) mass is 412 g/mol. The van der Waals surface area contributed by atoms with Gasteiger partial charge in [0.15, 0.2) is 0 Å². The second kappa shape index (κ2) is 6.36. The number of benzene rings is 1. The van der Waals surface area contributed by atoms with Gasteiger partial charge in [0.05, 0.1) is 0 Å². The molecule has 25 heavy (non-hydrogen) atoms. The van der Waals surface area contributed by atoms with Crippen LogP contribution in [-0.2, 0) is 19.0 Å². The summed E-state index contributed by atoms with van der Waals surface area (Å²) in [6.45, 7) is 3.37. The number of carbonyl (C=O) groups excluding carboxylic acids is 1. The van der Waals surface area contributed by atoms with Crippen LogP contribution < -0.4 is 4.46 Å². The van der Waals surface area contributed by atoms with E-state index in [-0.39, 0.29) is 39.2 Å². The van der Waals surface area contributed by atoms with Crippen LogP contribution in [0.1, 0.15) is 39.5 Å². The van der Waals surface area contributed by atoms with Gasteiger partial charge in [-0.3, -0.25) is 0 Å². The molecule has 1 N–H and O–H groups in total. The Morgan fingerprint density at radius 2 is 2.12 bits per heavy atom. The molecule has 6 atom stereocenters. The van der Waals surface area contributed by atoms with Gasteiger partial charge in [0.2, 0.25) is 0 Å². The van der Waals surface area contributed by atoms with E-state index in [9.17, 15) is 9.90 Å². The molecule has 1 aromatic carbocycles. The minimum absolute atomic E-state index is 0.0281. The maximum atomic E-state index is 11.5. The van der Waals surface area contributed by atoms with Crippen molar-refractivity contribution < 1.29 is 24.1 Å². The topological polar surface area (TPSA) is 65.0 Å². The third-order valence-electron chi connectivity index (χ3n) is 5.50. The second-order valence-electron chi connectivity index (χ2n) is 7.47. The van der Waals surface area contributed by atoms with Crippen LogP contribution in [0.15, 0.2) is 30.3 Å². The molecule has 3 saturated heterocycles. The van der Waals surface area contributed by atoms with Crippen LogP contribution in [0.25, 0.3) is 0 Å². The van der Waals surface area contributed by atoms with E-state index in [1.54, 1.807) is 0 Å². The average molecular weight is 411 g/mol. The predicted molar refractivity (Wildman–Crippen MR) is 92.7 cm³/mol. The van der Waals surface area contributed by atoms with Crippen LogP contribution in [0.3, 0.4) is 0 Å². The van der Waals surface area contributed by atoms with E-state index in [4.69, 9.17) is 14.2 Å². The Hall–Kier alpha value is -0.911. The van der Waals surface area contributed by atoms with Crippen LogP contribution in [0.5, 0.6) is 0 Å². The van der Waals surface area contributed by atoms with Gasteiger partial charge in [0.25, 0.3) is 0 Å². The molecule has 3 aliphatic rings. The van der Waals surface area contributed by atoms with Gasteiger partial charge in [-0.25, -0.2) is 0 Å². The predicted octanol–water partition coefficient (Wildman–Crippen LogP) is 1.56. The van der Waals surface area contributed by atoms with Crippen LogP contribution in [0, 0.1) is 0 Å². The summed E-state index contributed by atoms with van der Waals surface area (Å²) in [7, 11) is 0. The summed E-state index contributed by atoms with van der Waals surface area (Å²) in [5.74, 6) is -1.58. The van der Waals surface area contributed by atoms with E-state index in [1.807, 2.05) is 13.0 Å². The molecule has 2 unspecified atom stereocenters. The van der Waals surface area contributed by atoms with Crippen molar-refractivity contribution in [3.63, 3.8) is 0 Å². The summed E-state index contributed by atoms with van der Waals surface area (Å²) in [4.78, 5) is 11.9. The Balaban J connectivity index is 1.58. The molecule has 1 aromatic rings. The van der Waals surface area contributed by atoms with Crippen LogP contribution in [0.4, 0.5) is 0 Å². The summed E-state index contributed by atoms with van der Waals surface area (Å²) in [6.07, 6.45) is 1.90. The number of hydrogen-bond donors (Lipinski definition) is 1. The molecule has 0 radical (unpaired) electrons. The van der Waals surface area contributed by atoms with Gasteiger partial charge in [-0.05, 0) is 0 Å². The van der Waals surface area contributed by atoms with Gasteiger partial charge in [0, 0.05) is 0 Å². The average Bonchev–Trinajstić information content (AvgIpc) is 2.90. The molecule has 3 heterocycles. The van der Waals surface area contributed by atoms with E-state index in [0.29, 0.717) is 24.1 Å². The Bertz CT molecular complexity index is 652. The minimum atomic E-state index is -1.28. The van der Waals surface area contributed by atoms with E-state index in [2.05, 4.69) is 24.3 Å². The Labute approximate surface area is 154 Å². The summed E-state index contributed by atoms with van der Waals surface area (Å²) in [6, 6.07) is 10.5. The first-order valence-corrected chi connectivity index (χ1v) is 10.7. The van der Waals surface area contributed by atoms with Gasteiger partial charge in [0.1, 0.15) is 0 Å². The standard InChI is InChI=1S/C19H24O5Se/c1-12(20)22-16-8-9-19(21)17-10-15(25-13-6-4-3-5-7-13)14(23-17)11-18(16,2)24-19/h3-7,14-17,21H,8-11H2,1-2H3/t14-,15+,16+,17-,18?,19?/m1/s1. The molecule has 0 spiro atoms. The molecule has 6 heteroatoms. The van der Waals surface area contributed by atoms with E-state index in [1.165, 1.54) is 11.4 Å². The zero-order valence-corrected chi connectivity index (χ0v) is 16.2. The van der Waals surface area contributed by atoms with Crippen molar-refractivity contribution in [1.82, 2.24) is 0 Å². The quantitative estimate of drug-likeness (QED) is 0.604. The second-order valence-corrected chi connectivity index (χ2v) is 10.2. The van der Waals surface area contributed by atoms with Gasteiger partial charge in [-0.1, -0.05) is 0 Å². The molecule has 0 aromatic heterocycles. The molecule has 4 bridgehead atoms. The molecule has 0 aliphatic carbocycles. The number of fused-ring (bicyclic) bond motifs is 5. The van der Waals surface area contributed by atoms with Crippen molar-refractivity contribution in [3.8, 4) is 0 Å². The van der Waals surface area contributed by atoms with Gasteiger partial charge < -0.3 is 0 Å². The Kier molecular flexibility index (Phi) is 4.45. The van der Waals surface area contributed by atoms with E-state index in [0.717, 1.165) is 6.42 Å². The summed E-state index contributed by atoms with van der Waals surface area (Å²) >= 11 is 0.274. The van der Waals surface area contributed by atoms with Crippen molar-refractivity contribution in [2.45, 2.75) is 74.0 Å². The van der Waals surface area contributed by atoms with E-state index >= 15 is 0 Å². The van der Waals surface area contributed by atoms with Crippen LogP contribution in [0.2, 0.25) is 4.82 Å².